The molecule has 0 aliphatic rings. The fourth-order valence-electron chi connectivity index (χ4n) is 1.07. The average Bonchev–Trinajstić information content (AvgIpc) is 2.28. The Morgan fingerprint density at radius 2 is 2.12 bits per heavy atom. The molecule has 0 saturated carbocycles. The van der Waals surface area contributed by atoms with Gasteiger partial charge in [0, 0.05) is 12.1 Å². The summed E-state index contributed by atoms with van der Waals surface area (Å²) in [5.74, 6) is -0.952. The van der Waals surface area contributed by atoms with Crippen molar-refractivity contribution in [2.75, 3.05) is 12.3 Å². The largest absolute Gasteiger partial charge is 0.506 e. The summed E-state index contributed by atoms with van der Waals surface area (Å²) in [5.41, 5.74) is 5.50. The van der Waals surface area contributed by atoms with E-state index >= 15 is 0 Å². The van der Waals surface area contributed by atoms with Crippen molar-refractivity contribution in [2.45, 2.75) is 12.5 Å². The highest BCUT2D eigenvalue weighted by molar-refractivity contribution is 5.95. The van der Waals surface area contributed by atoms with Crippen LogP contribution in [-0.2, 0) is 0 Å². The Hall–Kier alpha value is -1.89. The molecular weight excluding hydrogens is 234 g/mol. The SMILES string of the molecule is Nc1ccc(C(=O)NCC(O)C(F)F)cc1O. The van der Waals surface area contributed by atoms with E-state index in [2.05, 4.69) is 5.32 Å². The van der Waals surface area contributed by atoms with Crippen molar-refractivity contribution in [1.82, 2.24) is 5.32 Å². The highest BCUT2D eigenvalue weighted by Crippen LogP contribution is 2.20. The summed E-state index contributed by atoms with van der Waals surface area (Å²) in [7, 11) is 0. The second-order valence-corrected chi connectivity index (χ2v) is 3.39. The number of nitrogens with two attached hydrogens (primary N) is 1. The minimum absolute atomic E-state index is 0.0677. The van der Waals surface area contributed by atoms with Gasteiger partial charge >= 0.3 is 0 Å². The van der Waals surface area contributed by atoms with E-state index in [4.69, 9.17) is 10.8 Å². The highest BCUT2D eigenvalue weighted by atomic mass is 19.3. The van der Waals surface area contributed by atoms with E-state index in [1.54, 1.807) is 0 Å². The summed E-state index contributed by atoms with van der Waals surface area (Å²) >= 11 is 0. The van der Waals surface area contributed by atoms with Crippen LogP contribution in [0.15, 0.2) is 18.2 Å². The summed E-state index contributed by atoms with van der Waals surface area (Å²) in [6, 6.07) is 3.76. The molecule has 5 nitrogen and oxygen atoms in total. The van der Waals surface area contributed by atoms with Gasteiger partial charge in [0.05, 0.1) is 5.69 Å². The van der Waals surface area contributed by atoms with E-state index in [9.17, 15) is 18.7 Å². The van der Waals surface area contributed by atoms with Gasteiger partial charge in [-0.3, -0.25) is 4.79 Å². The maximum atomic E-state index is 11.9. The topological polar surface area (TPSA) is 95.6 Å². The summed E-state index contributed by atoms with van der Waals surface area (Å²) < 4.78 is 23.9. The van der Waals surface area contributed by atoms with Crippen LogP contribution < -0.4 is 11.1 Å². The first-order chi connectivity index (χ1) is 7.91. The van der Waals surface area contributed by atoms with Crippen molar-refractivity contribution in [3.63, 3.8) is 0 Å². The number of nitrogen functional groups attached to an aromatic ring is 1. The molecule has 1 amide bonds. The number of aromatic hydroxyl groups is 1. The van der Waals surface area contributed by atoms with Crippen molar-refractivity contribution in [2.24, 2.45) is 0 Å². The summed E-state index contributed by atoms with van der Waals surface area (Å²) in [4.78, 5) is 11.4. The molecule has 1 unspecified atom stereocenters. The first-order valence-corrected chi connectivity index (χ1v) is 4.74. The Labute approximate surface area is 95.9 Å². The fourth-order valence-corrected chi connectivity index (χ4v) is 1.07. The molecule has 0 saturated heterocycles. The lowest BCUT2D eigenvalue weighted by molar-refractivity contribution is -0.00270. The van der Waals surface area contributed by atoms with E-state index in [-0.39, 0.29) is 17.0 Å². The molecule has 0 bridgehead atoms. The van der Waals surface area contributed by atoms with Gasteiger partial charge in [-0.05, 0) is 18.2 Å². The van der Waals surface area contributed by atoms with Gasteiger partial charge in [-0.2, -0.15) is 0 Å². The quantitative estimate of drug-likeness (QED) is 0.455. The molecule has 1 rings (SSSR count). The van der Waals surface area contributed by atoms with E-state index < -0.39 is 25.0 Å². The second-order valence-electron chi connectivity index (χ2n) is 3.39. The number of benzene rings is 1. The number of carbonyl (C=O) groups is 1. The predicted molar refractivity (Wildman–Crippen MR) is 56.9 cm³/mol. The molecule has 0 aliphatic carbocycles. The molecule has 1 aromatic rings. The molecule has 0 spiro atoms. The van der Waals surface area contributed by atoms with Crippen molar-refractivity contribution in [3.8, 4) is 5.75 Å². The number of carbonyl (C=O) groups excluding carboxylic acids is 1. The lowest BCUT2D eigenvalue weighted by Crippen LogP contribution is -2.35. The molecule has 7 heteroatoms. The lowest BCUT2D eigenvalue weighted by Gasteiger charge is -2.11. The Bertz CT molecular complexity index is 413. The number of hydrogen-bond donors (Lipinski definition) is 4. The molecule has 17 heavy (non-hydrogen) atoms. The highest BCUT2D eigenvalue weighted by Gasteiger charge is 2.18. The molecule has 0 radical (unpaired) electrons. The van der Waals surface area contributed by atoms with Crippen LogP contribution in [0.3, 0.4) is 0 Å². The first kappa shape index (κ1) is 13.2. The third-order valence-corrected chi connectivity index (χ3v) is 2.06. The Morgan fingerprint density at radius 1 is 1.47 bits per heavy atom. The minimum atomic E-state index is -2.92. The molecular formula is C10H12F2N2O3. The van der Waals surface area contributed by atoms with Gasteiger partial charge < -0.3 is 21.3 Å². The number of amides is 1. The fraction of sp³-hybridized carbons (Fsp3) is 0.300. The predicted octanol–water partition coefficient (Wildman–Crippen LogP) is 0.330. The maximum absolute atomic E-state index is 11.9. The number of aliphatic hydroxyl groups is 1. The smallest absolute Gasteiger partial charge is 0.265 e. The Morgan fingerprint density at radius 3 is 2.65 bits per heavy atom. The molecule has 0 fully saturated rings. The van der Waals surface area contributed by atoms with Crippen LogP contribution in [0.5, 0.6) is 5.75 Å². The van der Waals surface area contributed by atoms with Crippen molar-refractivity contribution in [3.05, 3.63) is 23.8 Å². The normalized spacial score (nSPS) is 12.5. The van der Waals surface area contributed by atoms with Crippen molar-refractivity contribution >= 4 is 11.6 Å². The van der Waals surface area contributed by atoms with Gasteiger partial charge in [0.2, 0.25) is 0 Å². The Balaban J connectivity index is 2.61. The van der Waals surface area contributed by atoms with Gasteiger partial charge in [0.1, 0.15) is 11.9 Å². The summed E-state index contributed by atoms with van der Waals surface area (Å²) in [6.07, 6.45) is -4.84. The first-order valence-electron chi connectivity index (χ1n) is 4.74. The van der Waals surface area contributed by atoms with E-state index in [0.29, 0.717) is 0 Å². The zero-order chi connectivity index (χ0) is 13.0. The van der Waals surface area contributed by atoms with Crippen molar-refractivity contribution < 1.29 is 23.8 Å². The average molecular weight is 246 g/mol. The van der Waals surface area contributed by atoms with E-state index in [1.165, 1.54) is 12.1 Å². The van der Waals surface area contributed by atoms with Gasteiger partial charge in [0.25, 0.3) is 12.3 Å². The number of anilines is 1. The maximum Gasteiger partial charge on any atom is 0.265 e. The van der Waals surface area contributed by atoms with Gasteiger partial charge in [-0.25, -0.2) is 8.78 Å². The molecule has 0 heterocycles. The number of phenolic OH excluding ortho intramolecular Hbond substituents is 1. The van der Waals surface area contributed by atoms with Crippen LogP contribution in [0.4, 0.5) is 14.5 Å². The molecule has 5 N–H and O–H groups in total. The van der Waals surface area contributed by atoms with Crippen LogP contribution in [-0.4, -0.2) is 35.2 Å². The number of phenols is 1. The second kappa shape index (κ2) is 5.44. The monoisotopic (exact) mass is 246 g/mol. The molecule has 1 aromatic carbocycles. The third-order valence-electron chi connectivity index (χ3n) is 2.06. The van der Waals surface area contributed by atoms with Gasteiger partial charge in [-0.15, -0.1) is 0 Å². The summed E-state index contributed by atoms with van der Waals surface area (Å²) in [5, 5.41) is 20.1. The zero-order valence-electron chi connectivity index (χ0n) is 8.73. The van der Waals surface area contributed by atoms with Crippen molar-refractivity contribution in [1.29, 1.82) is 0 Å². The van der Waals surface area contributed by atoms with E-state index in [0.717, 1.165) is 6.07 Å². The molecule has 0 aliphatic heterocycles. The number of halogens is 2. The molecule has 1 atom stereocenters. The number of alkyl halides is 2. The standard InChI is InChI=1S/C10H12F2N2O3/c11-9(12)8(16)4-14-10(17)5-1-2-6(13)7(15)3-5/h1-3,8-9,15-16H,4,13H2,(H,14,17). The van der Waals surface area contributed by atoms with Crippen LogP contribution in [0, 0.1) is 0 Å². The lowest BCUT2D eigenvalue weighted by atomic mass is 10.2. The molecule has 94 valence electrons. The number of rotatable bonds is 4. The number of aliphatic hydroxyl groups excluding tert-OH is 1. The number of hydrogen-bond acceptors (Lipinski definition) is 4. The molecule has 0 aromatic heterocycles. The van der Waals surface area contributed by atoms with Crippen LogP contribution in [0.25, 0.3) is 0 Å². The summed E-state index contributed by atoms with van der Waals surface area (Å²) in [6.45, 7) is -0.568. The van der Waals surface area contributed by atoms with Crippen LogP contribution in [0.2, 0.25) is 0 Å². The Kier molecular flexibility index (Phi) is 4.22. The van der Waals surface area contributed by atoms with Gasteiger partial charge in [-0.1, -0.05) is 0 Å². The third kappa shape index (κ3) is 3.56. The minimum Gasteiger partial charge on any atom is -0.506 e. The van der Waals surface area contributed by atoms with Crippen LogP contribution in [0.1, 0.15) is 10.4 Å². The van der Waals surface area contributed by atoms with E-state index in [1.807, 2.05) is 0 Å². The van der Waals surface area contributed by atoms with Gasteiger partial charge in [0.15, 0.2) is 0 Å². The zero-order valence-corrected chi connectivity index (χ0v) is 8.73. The number of nitrogens with one attached hydrogen (secondary N) is 1. The van der Waals surface area contributed by atoms with Crippen LogP contribution >= 0.6 is 0 Å².